The van der Waals surface area contributed by atoms with Gasteiger partial charge in [0.05, 0.1) is 13.0 Å². The van der Waals surface area contributed by atoms with Crippen molar-refractivity contribution in [2.45, 2.75) is 26.7 Å². The van der Waals surface area contributed by atoms with Gasteiger partial charge in [-0.25, -0.2) is 0 Å². The number of halogens is 1. The molecule has 0 heterocycles. The zero-order valence-electron chi connectivity index (χ0n) is 8.18. The largest absolute Gasteiger partial charge is 0.481 e. The maximum absolute atomic E-state index is 10.4. The quantitative estimate of drug-likeness (QED) is 0.515. The first-order valence-corrected chi connectivity index (χ1v) is 4.87. The van der Waals surface area contributed by atoms with E-state index in [1.807, 2.05) is 13.8 Å². The molecule has 0 rings (SSSR count). The summed E-state index contributed by atoms with van der Waals surface area (Å²) >= 11 is 5.46. The van der Waals surface area contributed by atoms with Gasteiger partial charge in [-0.3, -0.25) is 4.79 Å². The second-order valence-electron chi connectivity index (χ2n) is 3.83. The number of carboxylic acid groups (broad SMARTS) is 1. The molecule has 13 heavy (non-hydrogen) atoms. The maximum Gasteiger partial charge on any atom is 0.303 e. The van der Waals surface area contributed by atoms with Gasteiger partial charge in [-0.2, -0.15) is 0 Å². The summed E-state index contributed by atoms with van der Waals surface area (Å²) in [7, 11) is 0. The highest BCUT2D eigenvalue weighted by Crippen LogP contribution is 2.20. The number of carboxylic acids is 1. The lowest BCUT2D eigenvalue weighted by molar-refractivity contribution is -0.140. The summed E-state index contributed by atoms with van der Waals surface area (Å²) < 4.78 is 5.29. The number of rotatable bonds is 7. The maximum atomic E-state index is 10.4. The van der Waals surface area contributed by atoms with Crippen LogP contribution in [0, 0.1) is 5.41 Å². The molecule has 0 unspecified atom stereocenters. The standard InChI is InChI=1S/C9H17ClO3/c1-9(2,6-8(11)12)7-13-5-3-4-10/h3-7H2,1-2H3,(H,11,12). The van der Waals surface area contributed by atoms with E-state index in [4.69, 9.17) is 21.4 Å². The predicted octanol–water partition coefficient (Wildman–Crippen LogP) is 2.13. The molecule has 1 N–H and O–H groups in total. The zero-order valence-corrected chi connectivity index (χ0v) is 8.93. The lowest BCUT2D eigenvalue weighted by Gasteiger charge is -2.21. The van der Waals surface area contributed by atoms with Crippen LogP contribution in [0.2, 0.25) is 0 Å². The van der Waals surface area contributed by atoms with Crippen LogP contribution in [0.5, 0.6) is 0 Å². The van der Waals surface area contributed by atoms with Crippen molar-refractivity contribution in [3.8, 4) is 0 Å². The predicted molar refractivity (Wildman–Crippen MR) is 52.2 cm³/mol. The normalized spacial score (nSPS) is 11.6. The molecule has 0 saturated heterocycles. The summed E-state index contributed by atoms with van der Waals surface area (Å²) in [6.45, 7) is 4.83. The first kappa shape index (κ1) is 12.7. The van der Waals surface area contributed by atoms with Gasteiger partial charge in [0, 0.05) is 12.5 Å². The summed E-state index contributed by atoms with van der Waals surface area (Å²) in [4.78, 5) is 10.4. The van der Waals surface area contributed by atoms with E-state index in [1.165, 1.54) is 0 Å². The monoisotopic (exact) mass is 208 g/mol. The van der Waals surface area contributed by atoms with E-state index in [0.29, 0.717) is 19.1 Å². The molecule has 0 aliphatic heterocycles. The SMILES string of the molecule is CC(C)(COCCCCl)CC(=O)O. The summed E-state index contributed by atoms with van der Waals surface area (Å²) in [6, 6.07) is 0. The van der Waals surface area contributed by atoms with Crippen LogP contribution < -0.4 is 0 Å². The molecule has 0 aromatic heterocycles. The van der Waals surface area contributed by atoms with Gasteiger partial charge in [0.2, 0.25) is 0 Å². The molecule has 0 spiro atoms. The Morgan fingerprint density at radius 3 is 2.62 bits per heavy atom. The Morgan fingerprint density at radius 2 is 2.15 bits per heavy atom. The van der Waals surface area contributed by atoms with Crippen molar-refractivity contribution in [3.05, 3.63) is 0 Å². The summed E-state index contributed by atoms with van der Waals surface area (Å²) in [5.41, 5.74) is -0.294. The minimum absolute atomic E-state index is 0.133. The molecule has 0 radical (unpaired) electrons. The van der Waals surface area contributed by atoms with Crippen molar-refractivity contribution in [2.24, 2.45) is 5.41 Å². The molecule has 0 aromatic carbocycles. The van der Waals surface area contributed by atoms with E-state index in [-0.39, 0.29) is 11.8 Å². The van der Waals surface area contributed by atoms with Gasteiger partial charge in [-0.15, -0.1) is 11.6 Å². The third-order valence-corrected chi connectivity index (χ3v) is 1.81. The van der Waals surface area contributed by atoms with Crippen LogP contribution in [0.15, 0.2) is 0 Å². The van der Waals surface area contributed by atoms with E-state index in [2.05, 4.69) is 0 Å². The first-order chi connectivity index (χ1) is 5.98. The highest BCUT2D eigenvalue weighted by molar-refractivity contribution is 6.17. The average Bonchev–Trinajstić information content (AvgIpc) is 1.95. The second kappa shape index (κ2) is 6.22. The van der Waals surface area contributed by atoms with Gasteiger partial charge >= 0.3 is 5.97 Å². The molecule has 0 aliphatic rings. The van der Waals surface area contributed by atoms with Crippen LogP contribution in [-0.2, 0) is 9.53 Å². The smallest absolute Gasteiger partial charge is 0.303 e. The number of carbonyl (C=O) groups is 1. The average molecular weight is 209 g/mol. The third-order valence-electron chi connectivity index (χ3n) is 1.54. The fourth-order valence-corrected chi connectivity index (χ4v) is 1.07. The Morgan fingerprint density at radius 1 is 1.54 bits per heavy atom. The summed E-state index contributed by atoms with van der Waals surface area (Å²) in [6.07, 6.45) is 0.943. The van der Waals surface area contributed by atoms with Crippen molar-refractivity contribution in [1.82, 2.24) is 0 Å². The molecule has 0 amide bonds. The van der Waals surface area contributed by atoms with Crippen LogP contribution >= 0.6 is 11.6 Å². The Kier molecular flexibility index (Phi) is 6.08. The first-order valence-electron chi connectivity index (χ1n) is 4.33. The number of aliphatic carboxylic acids is 1. The molecule has 4 heteroatoms. The summed E-state index contributed by atoms with van der Waals surface area (Å²) in [5, 5.41) is 8.58. The molecule has 0 aliphatic carbocycles. The molecule has 78 valence electrons. The molecule has 0 bridgehead atoms. The van der Waals surface area contributed by atoms with Crippen LogP contribution in [0.3, 0.4) is 0 Å². The lowest BCUT2D eigenvalue weighted by atomic mass is 9.91. The Hall–Kier alpha value is -0.280. The van der Waals surface area contributed by atoms with E-state index >= 15 is 0 Å². The highest BCUT2D eigenvalue weighted by Gasteiger charge is 2.21. The number of hydrogen-bond acceptors (Lipinski definition) is 2. The molecule has 0 saturated carbocycles. The van der Waals surface area contributed by atoms with E-state index in [0.717, 1.165) is 6.42 Å². The Labute approximate surface area is 84.0 Å². The van der Waals surface area contributed by atoms with Gasteiger partial charge < -0.3 is 9.84 Å². The lowest BCUT2D eigenvalue weighted by Crippen LogP contribution is -2.23. The molecule has 0 aromatic rings. The summed E-state index contributed by atoms with van der Waals surface area (Å²) in [5.74, 6) is -0.203. The van der Waals surface area contributed by atoms with Crippen LogP contribution in [0.1, 0.15) is 26.7 Å². The van der Waals surface area contributed by atoms with Crippen molar-refractivity contribution in [1.29, 1.82) is 0 Å². The zero-order chi connectivity index (χ0) is 10.3. The fourth-order valence-electron chi connectivity index (χ4n) is 0.965. The minimum atomic E-state index is -0.786. The molecular formula is C9H17ClO3. The van der Waals surface area contributed by atoms with Crippen molar-refractivity contribution in [3.63, 3.8) is 0 Å². The minimum Gasteiger partial charge on any atom is -0.481 e. The van der Waals surface area contributed by atoms with E-state index < -0.39 is 5.97 Å². The molecule has 0 fully saturated rings. The van der Waals surface area contributed by atoms with Gasteiger partial charge in [0.15, 0.2) is 0 Å². The van der Waals surface area contributed by atoms with E-state index in [9.17, 15) is 4.79 Å². The molecule has 3 nitrogen and oxygen atoms in total. The van der Waals surface area contributed by atoms with Crippen LogP contribution in [-0.4, -0.2) is 30.2 Å². The highest BCUT2D eigenvalue weighted by atomic mass is 35.5. The number of ether oxygens (including phenoxy) is 1. The number of alkyl halides is 1. The Bertz CT molecular complexity index is 157. The van der Waals surface area contributed by atoms with Crippen molar-refractivity contribution >= 4 is 17.6 Å². The van der Waals surface area contributed by atoms with Crippen molar-refractivity contribution in [2.75, 3.05) is 19.1 Å². The van der Waals surface area contributed by atoms with Gasteiger partial charge in [0.25, 0.3) is 0 Å². The van der Waals surface area contributed by atoms with Gasteiger partial charge in [-0.1, -0.05) is 13.8 Å². The van der Waals surface area contributed by atoms with E-state index in [1.54, 1.807) is 0 Å². The van der Waals surface area contributed by atoms with Crippen molar-refractivity contribution < 1.29 is 14.6 Å². The fraction of sp³-hybridized carbons (Fsp3) is 0.889. The van der Waals surface area contributed by atoms with Crippen LogP contribution in [0.25, 0.3) is 0 Å². The Balaban J connectivity index is 3.56. The molecular weight excluding hydrogens is 192 g/mol. The van der Waals surface area contributed by atoms with Gasteiger partial charge in [-0.05, 0) is 11.8 Å². The topological polar surface area (TPSA) is 46.5 Å². The number of hydrogen-bond donors (Lipinski definition) is 1. The third kappa shape index (κ3) is 8.06. The molecule has 0 atom stereocenters. The second-order valence-corrected chi connectivity index (χ2v) is 4.21. The van der Waals surface area contributed by atoms with Gasteiger partial charge in [0.1, 0.15) is 0 Å². The van der Waals surface area contributed by atoms with Crippen LogP contribution in [0.4, 0.5) is 0 Å².